The minimum atomic E-state index is -0.130. The van der Waals surface area contributed by atoms with Gasteiger partial charge in [0, 0.05) is 36.9 Å². The van der Waals surface area contributed by atoms with Crippen molar-refractivity contribution in [2.45, 2.75) is 19.8 Å². The van der Waals surface area contributed by atoms with Crippen LogP contribution in [0.25, 0.3) is 0 Å². The van der Waals surface area contributed by atoms with E-state index in [9.17, 15) is 4.79 Å². The summed E-state index contributed by atoms with van der Waals surface area (Å²) in [7, 11) is 1.67. The van der Waals surface area contributed by atoms with Crippen LogP contribution in [-0.4, -0.2) is 44.1 Å². The highest BCUT2D eigenvalue weighted by Gasteiger charge is 2.30. The number of ether oxygens (including phenoxy) is 1. The Morgan fingerprint density at radius 2 is 1.56 bits per heavy atom. The molecule has 0 radical (unpaired) electrons. The van der Waals surface area contributed by atoms with Crippen molar-refractivity contribution in [2.75, 3.05) is 38.2 Å². The second kappa shape index (κ2) is 8.66. The van der Waals surface area contributed by atoms with Gasteiger partial charge >= 0.3 is 0 Å². The molecule has 4 nitrogen and oxygen atoms in total. The molecule has 0 aromatic heterocycles. The van der Waals surface area contributed by atoms with Crippen LogP contribution in [0.5, 0.6) is 5.75 Å². The second-order valence-corrected chi connectivity index (χ2v) is 7.72. The topological polar surface area (TPSA) is 32.8 Å². The molecule has 1 fully saturated rings. The SMILES string of the molecule is COc1ccc(N2CCN(C(=O)[C@H](c3ccc(Cl)cc3)C(C)C)CC2)cc1. The smallest absolute Gasteiger partial charge is 0.230 e. The number of hydrogen-bond acceptors (Lipinski definition) is 3. The Bertz CT molecular complexity index is 751. The van der Waals surface area contributed by atoms with Gasteiger partial charge in [0.15, 0.2) is 0 Å². The Hall–Kier alpha value is -2.20. The van der Waals surface area contributed by atoms with Gasteiger partial charge in [0.2, 0.25) is 5.91 Å². The lowest BCUT2D eigenvalue weighted by atomic mass is 9.87. The van der Waals surface area contributed by atoms with Crippen molar-refractivity contribution < 1.29 is 9.53 Å². The highest BCUT2D eigenvalue weighted by atomic mass is 35.5. The van der Waals surface area contributed by atoms with Crippen molar-refractivity contribution in [3.05, 3.63) is 59.1 Å². The summed E-state index contributed by atoms with van der Waals surface area (Å²) in [6.07, 6.45) is 0. The lowest BCUT2D eigenvalue weighted by Gasteiger charge is -2.38. The van der Waals surface area contributed by atoms with Crippen molar-refractivity contribution in [3.8, 4) is 5.75 Å². The summed E-state index contributed by atoms with van der Waals surface area (Å²) in [6, 6.07) is 15.8. The molecule has 1 amide bonds. The van der Waals surface area contributed by atoms with Gasteiger partial charge in [-0.15, -0.1) is 0 Å². The Labute approximate surface area is 166 Å². The van der Waals surface area contributed by atoms with Gasteiger partial charge in [-0.3, -0.25) is 4.79 Å². The highest BCUT2D eigenvalue weighted by Crippen LogP contribution is 2.29. The maximum absolute atomic E-state index is 13.2. The van der Waals surface area contributed by atoms with Crippen molar-refractivity contribution in [2.24, 2.45) is 5.92 Å². The van der Waals surface area contributed by atoms with Gasteiger partial charge in [0.25, 0.3) is 0 Å². The molecule has 5 heteroatoms. The number of carbonyl (C=O) groups excluding carboxylic acids is 1. The highest BCUT2D eigenvalue weighted by molar-refractivity contribution is 6.30. The van der Waals surface area contributed by atoms with E-state index in [0.717, 1.165) is 37.5 Å². The predicted octanol–water partition coefficient (Wildman–Crippen LogP) is 4.44. The van der Waals surface area contributed by atoms with Crippen molar-refractivity contribution in [3.63, 3.8) is 0 Å². The Kier molecular flexibility index (Phi) is 6.27. The predicted molar refractivity (Wildman–Crippen MR) is 111 cm³/mol. The molecular formula is C22H27ClN2O2. The maximum Gasteiger partial charge on any atom is 0.230 e. The molecule has 27 heavy (non-hydrogen) atoms. The molecule has 1 aliphatic rings. The number of amides is 1. The number of rotatable bonds is 5. The van der Waals surface area contributed by atoms with Crippen LogP contribution in [0.3, 0.4) is 0 Å². The van der Waals surface area contributed by atoms with Gasteiger partial charge in [-0.25, -0.2) is 0 Å². The first-order valence-corrected chi connectivity index (χ1v) is 9.80. The second-order valence-electron chi connectivity index (χ2n) is 7.28. The van der Waals surface area contributed by atoms with Crippen molar-refractivity contribution in [1.29, 1.82) is 0 Å². The zero-order chi connectivity index (χ0) is 19.4. The van der Waals surface area contributed by atoms with Crippen LogP contribution in [0.1, 0.15) is 25.3 Å². The number of methoxy groups -OCH3 is 1. The first kappa shape index (κ1) is 19.6. The summed E-state index contributed by atoms with van der Waals surface area (Å²) >= 11 is 6.01. The largest absolute Gasteiger partial charge is 0.497 e. The molecule has 0 aliphatic carbocycles. The summed E-state index contributed by atoms with van der Waals surface area (Å²) in [5.41, 5.74) is 2.21. The summed E-state index contributed by atoms with van der Waals surface area (Å²) in [5.74, 6) is 1.17. The molecule has 0 saturated carbocycles. The third-order valence-electron chi connectivity index (χ3n) is 5.19. The molecule has 1 saturated heterocycles. The molecule has 1 aliphatic heterocycles. The van der Waals surface area contributed by atoms with E-state index in [1.54, 1.807) is 7.11 Å². The summed E-state index contributed by atoms with van der Waals surface area (Å²) < 4.78 is 5.22. The van der Waals surface area contributed by atoms with E-state index < -0.39 is 0 Å². The number of nitrogens with zero attached hydrogens (tertiary/aromatic N) is 2. The number of carbonyl (C=O) groups is 1. The number of hydrogen-bond donors (Lipinski definition) is 0. The first-order chi connectivity index (χ1) is 13.0. The number of benzene rings is 2. The number of piperazine rings is 1. The fourth-order valence-corrected chi connectivity index (χ4v) is 3.78. The van der Waals surface area contributed by atoms with Crippen LogP contribution < -0.4 is 9.64 Å². The van der Waals surface area contributed by atoms with Crippen LogP contribution in [0.15, 0.2) is 48.5 Å². The molecule has 0 bridgehead atoms. The van der Waals surface area contributed by atoms with Gasteiger partial charge in [0.1, 0.15) is 5.75 Å². The molecule has 0 N–H and O–H groups in total. The third kappa shape index (κ3) is 4.56. The van der Waals surface area contributed by atoms with E-state index in [0.29, 0.717) is 5.02 Å². The quantitative estimate of drug-likeness (QED) is 0.761. The summed E-state index contributed by atoms with van der Waals surface area (Å²) in [4.78, 5) is 17.5. The van der Waals surface area contributed by atoms with Gasteiger partial charge < -0.3 is 14.5 Å². The van der Waals surface area contributed by atoms with Crippen LogP contribution in [-0.2, 0) is 4.79 Å². The Morgan fingerprint density at radius 3 is 2.07 bits per heavy atom. The molecule has 3 rings (SSSR count). The zero-order valence-electron chi connectivity index (χ0n) is 16.2. The molecule has 0 spiro atoms. The van der Waals surface area contributed by atoms with Gasteiger partial charge in [0.05, 0.1) is 13.0 Å². The zero-order valence-corrected chi connectivity index (χ0v) is 16.9. The molecule has 1 heterocycles. The van der Waals surface area contributed by atoms with Gasteiger partial charge in [-0.05, 0) is 47.9 Å². The van der Waals surface area contributed by atoms with Crippen LogP contribution in [0.4, 0.5) is 5.69 Å². The van der Waals surface area contributed by atoms with E-state index in [1.807, 2.05) is 41.3 Å². The molecule has 2 aromatic carbocycles. The molecule has 144 valence electrons. The first-order valence-electron chi connectivity index (χ1n) is 9.43. The molecule has 1 atom stereocenters. The average molecular weight is 387 g/mol. The standard InChI is InChI=1S/C22H27ClN2O2/c1-16(2)21(17-4-6-18(23)7-5-17)22(26)25-14-12-24(13-15-25)19-8-10-20(27-3)11-9-19/h4-11,16,21H,12-15H2,1-3H3/t21-/m0/s1. The van der Waals surface area contributed by atoms with E-state index in [4.69, 9.17) is 16.3 Å². The minimum absolute atomic E-state index is 0.130. The molecular weight excluding hydrogens is 360 g/mol. The summed E-state index contributed by atoms with van der Waals surface area (Å²) in [5, 5.41) is 0.696. The van der Waals surface area contributed by atoms with Gasteiger partial charge in [-0.2, -0.15) is 0 Å². The van der Waals surface area contributed by atoms with Crippen LogP contribution in [0.2, 0.25) is 5.02 Å². The monoisotopic (exact) mass is 386 g/mol. The number of anilines is 1. The van der Waals surface area contributed by atoms with Crippen LogP contribution >= 0.6 is 11.6 Å². The van der Waals surface area contributed by atoms with Crippen molar-refractivity contribution in [1.82, 2.24) is 4.90 Å². The maximum atomic E-state index is 13.2. The van der Waals surface area contributed by atoms with E-state index in [1.165, 1.54) is 5.69 Å². The number of halogens is 1. The van der Waals surface area contributed by atoms with E-state index >= 15 is 0 Å². The summed E-state index contributed by atoms with van der Waals surface area (Å²) in [6.45, 7) is 7.35. The lowest BCUT2D eigenvalue weighted by molar-refractivity contribution is -0.134. The van der Waals surface area contributed by atoms with E-state index in [2.05, 4.69) is 30.9 Å². The Morgan fingerprint density at radius 1 is 0.963 bits per heavy atom. The fourth-order valence-electron chi connectivity index (χ4n) is 3.66. The normalized spacial score (nSPS) is 15.7. The minimum Gasteiger partial charge on any atom is -0.497 e. The van der Waals surface area contributed by atoms with E-state index in [-0.39, 0.29) is 17.7 Å². The fraction of sp³-hybridized carbons (Fsp3) is 0.409. The Balaban J connectivity index is 1.66. The van der Waals surface area contributed by atoms with Crippen molar-refractivity contribution >= 4 is 23.2 Å². The molecule has 0 unspecified atom stereocenters. The van der Waals surface area contributed by atoms with Gasteiger partial charge in [-0.1, -0.05) is 37.6 Å². The lowest BCUT2D eigenvalue weighted by Crippen LogP contribution is -2.50. The average Bonchev–Trinajstić information content (AvgIpc) is 2.69. The van der Waals surface area contributed by atoms with Crippen LogP contribution in [0, 0.1) is 5.92 Å². The third-order valence-corrected chi connectivity index (χ3v) is 5.44. The molecule has 2 aromatic rings.